The Balaban J connectivity index is 2.46. The molecule has 16 heavy (non-hydrogen) atoms. The minimum absolute atomic E-state index is 0.00345. The molecule has 1 aliphatic carbocycles. The predicted molar refractivity (Wildman–Crippen MR) is 66.9 cm³/mol. The van der Waals surface area contributed by atoms with Gasteiger partial charge in [-0.05, 0) is 37.0 Å². The van der Waals surface area contributed by atoms with Gasteiger partial charge < -0.3 is 11.1 Å². The standard InChI is InChI=1S/C13H26N2O/c1-9(2)12(3,4)8-15-11(16)13(5,14)10-6-7-10/h9-10H,6-8,14H2,1-5H3,(H,15,16). The Morgan fingerprint density at radius 2 is 1.88 bits per heavy atom. The zero-order valence-corrected chi connectivity index (χ0v) is 11.3. The van der Waals surface area contributed by atoms with Gasteiger partial charge in [-0.2, -0.15) is 0 Å². The van der Waals surface area contributed by atoms with Crippen LogP contribution < -0.4 is 11.1 Å². The van der Waals surface area contributed by atoms with Crippen molar-refractivity contribution in [2.75, 3.05) is 6.54 Å². The lowest BCUT2D eigenvalue weighted by molar-refractivity contribution is -0.127. The quantitative estimate of drug-likeness (QED) is 0.752. The Kier molecular flexibility index (Phi) is 3.68. The fourth-order valence-corrected chi connectivity index (χ4v) is 1.57. The first kappa shape index (κ1) is 13.5. The minimum Gasteiger partial charge on any atom is -0.354 e. The number of nitrogens with one attached hydrogen (secondary N) is 1. The molecule has 1 unspecified atom stereocenters. The van der Waals surface area contributed by atoms with Crippen LogP contribution in [0.2, 0.25) is 0 Å². The van der Waals surface area contributed by atoms with Crippen molar-refractivity contribution in [3.8, 4) is 0 Å². The van der Waals surface area contributed by atoms with Crippen LogP contribution in [0.5, 0.6) is 0 Å². The average molecular weight is 226 g/mol. The summed E-state index contributed by atoms with van der Waals surface area (Å²) in [4.78, 5) is 12.0. The Hall–Kier alpha value is -0.570. The summed E-state index contributed by atoms with van der Waals surface area (Å²) in [7, 11) is 0. The first-order valence-corrected chi connectivity index (χ1v) is 6.25. The van der Waals surface area contributed by atoms with E-state index >= 15 is 0 Å². The fraction of sp³-hybridized carbons (Fsp3) is 0.923. The summed E-state index contributed by atoms with van der Waals surface area (Å²) in [5.74, 6) is 0.927. The molecule has 0 aromatic carbocycles. The van der Waals surface area contributed by atoms with Gasteiger partial charge >= 0.3 is 0 Å². The Labute approximate surface area is 99.2 Å². The molecule has 0 heterocycles. The van der Waals surface area contributed by atoms with Crippen molar-refractivity contribution >= 4 is 5.91 Å². The topological polar surface area (TPSA) is 55.1 Å². The number of rotatable bonds is 5. The third kappa shape index (κ3) is 2.97. The van der Waals surface area contributed by atoms with Crippen LogP contribution in [0.15, 0.2) is 0 Å². The summed E-state index contributed by atoms with van der Waals surface area (Å²) in [5.41, 5.74) is 5.51. The molecule has 0 radical (unpaired) electrons. The van der Waals surface area contributed by atoms with Gasteiger partial charge in [0.2, 0.25) is 5.91 Å². The van der Waals surface area contributed by atoms with Gasteiger partial charge in [0.1, 0.15) is 0 Å². The summed E-state index contributed by atoms with van der Waals surface area (Å²) in [6.45, 7) is 11.2. The highest BCUT2D eigenvalue weighted by Gasteiger charge is 2.44. The Bertz CT molecular complexity index is 265. The molecule has 0 bridgehead atoms. The molecule has 0 saturated heterocycles. The van der Waals surface area contributed by atoms with Crippen LogP contribution >= 0.6 is 0 Å². The third-order valence-corrected chi connectivity index (χ3v) is 4.18. The SMILES string of the molecule is CC(C)C(C)(C)CNC(=O)C(C)(N)C1CC1. The zero-order chi connectivity index (χ0) is 12.6. The molecular formula is C13H26N2O. The molecule has 0 spiro atoms. The first-order chi connectivity index (χ1) is 7.18. The van der Waals surface area contributed by atoms with Crippen LogP contribution in [0.1, 0.15) is 47.5 Å². The molecule has 1 saturated carbocycles. The second-order valence-electron chi connectivity index (χ2n) is 6.38. The third-order valence-electron chi connectivity index (χ3n) is 4.18. The highest BCUT2D eigenvalue weighted by atomic mass is 16.2. The molecular weight excluding hydrogens is 200 g/mol. The van der Waals surface area contributed by atoms with Crippen molar-refractivity contribution < 1.29 is 4.79 Å². The first-order valence-electron chi connectivity index (χ1n) is 6.25. The van der Waals surface area contributed by atoms with E-state index in [2.05, 4.69) is 33.0 Å². The van der Waals surface area contributed by atoms with Gasteiger partial charge in [0.15, 0.2) is 0 Å². The second-order valence-corrected chi connectivity index (χ2v) is 6.38. The van der Waals surface area contributed by atoms with E-state index in [0.29, 0.717) is 18.4 Å². The molecule has 0 aromatic rings. The highest BCUT2D eigenvalue weighted by Crippen LogP contribution is 2.38. The summed E-state index contributed by atoms with van der Waals surface area (Å²) >= 11 is 0. The van der Waals surface area contributed by atoms with Crippen molar-refractivity contribution in [2.24, 2.45) is 23.0 Å². The van der Waals surface area contributed by atoms with Crippen molar-refractivity contribution in [3.63, 3.8) is 0 Å². The van der Waals surface area contributed by atoms with Crippen molar-refractivity contribution in [1.29, 1.82) is 0 Å². The molecule has 3 heteroatoms. The number of hydrogen-bond acceptors (Lipinski definition) is 2. The van der Waals surface area contributed by atoms with E-state index < -0.39 is 5.54 Å². The van der Waals surface area contributed by atoms with E-state index in [4.69, 9.17) is 5.73 Å². The molecule has 1 rings (SSSR count). The largest absolute Gasteiger partial charge is 0.354 e. The maximum atomic E-state index is 12.0. The van der Waals surface area contributed by atoms with Crippen LogP contribution in [0, 0.1) is 17.3 Å². The molecule has 1 fully saturated rings. The summed E-state index contributed by atoms with van der Waals surface area (Å²) in [6.07, 6.45) is 2.18. The van der Waals surface area contributed by atoms with Crippen LogP contribution in [0.3, 0.4) is 0 Å². The van der Waals surface area contributed by atoms with E-state index in [1.807, 2.05) is 6.92 Å². The summed E-state index contributed by atoms with van der Waals surface area (Å²) < 4.78 is 0. The van der Waals surface area contributed by atoms with Gasteiger partial charge in [-0.3, -0.25) is 4.79 Å². The van der Waals surface area contributed by atoms with Crippen LogP contribution in [-0.2, 0) is 4.79 Å². The van der Waals surface area contributed by atoms with Crippen molar-refractivity contribution in [2.45, 2.75) is 53.0 Å². The summed E-state index contributed by atoms with van der Waals surface area (Å²) in [5, 5.41) is 3.00. The molecule has 0 aromatic heterocycles. The van der Waals surface area contributed by atoms with E-state index in [9.17, 15) is 4.79 Å². The minimum atomic E-state index is -0.674. The van der Waals surface area contributed by atoms with E-state index in [-0.39, 0.29) is 11.3 Å². The molecule has 1 aliphatic rings. The van der Waals surface area contributed by atoms with E-state index in [0.717, 1.165) is 12.8 Å². The lowest BCUT2D eigenvalue weighted by Crippen LogP contribution is -2.55. The smallest absolute Gasteiger partial charge is 0.240 e. The van der Waals surface area contributed by atoms with Crippen LogP contribution in [0.25, 0.3) is 0 Å². The normalized spacial score (nSPS) is 20.7. The Morgan fingerprint density at radius 1 is 1.38 bits per heavy atom. The zero-order valence-electron chi connectivity index (χ0n) is 11.3. The van der Waals surface area contributed by atoms with Gasteiger partial charge in [0.05, 0.1) is 5.54 Å². The predicted octanol–water partition coefficient (Wildman–Crippen LogP) is 1.91. The van der Waals surface area contributed by atoms with E-state index in [1.165, 1.54) is 0 Å². The van der Waals surface area contributed by atoms with Crippen molar-refractivity contribution in [3.05, 3.63) is 0 Å². The van der Waals surface area contributed by atoms with Crippen LogP contribution in [0.4, 0.5) is 0 Å². The molecule has 3 N–H and O–H groups in total. The summed E-state index contributed by atoms with van der Waals surface area (Å²) in [6, 6.07) is 0. The molecule has 1 amide bonds. The van der Waals surface area contributed by atoms with Gasteiger partial charge in [0.25, 0.3) is 0 Å². The molecule has 0 aliphatic heterocycles. The molecule has 94 valence electrons. The number of hydrogen-bond donors (Lipinski definition) is 2. The lowest BCUT2D eigenvalue weighted by atomic mass is 9.81. The monoisotopic (exact) mass is 226 g/mol. The molecule has 3 nitrogen and oxygen atoms in total. The average Bonchev–Trinajstić information content (AvgIpc) is 2.96. The van der Waals surface area contributed by atoms with Gasteiger partial charge in [-0.1, -0.05) is 27.7 Å². The number of carbonyl (C=O) groups is 1. The lowest BCUT2D eigenvalue weighted by Gasteiger charge is -2.31. The fourth-order valence-electron chi connectivity index (χ4n) is 1.57. The maximum Gasteiger partial charge on any atom is 0.240 e. The highest BCUT2D eigenvalue weighted by molar-refractivity contribution is 5.86. The maximum absolute atomic E-state index is 12.0. The van der Waals surface area contributed by atoms with Crippen LogP contribution in [-0.4, -0.2) is 18.0 Å². The van der Waals surface area contributed by atoms with E-state index in [1.54, 1.807) is 0 Å². The second kappa shape index (κ2) is 4.36. The molecule has 1 atom stereocenters. The van der Waals surface area contributed by atoms with Gasteiger partial charge in [-0.25, -0.2) is 0 Å². The van der Waals surface area contributed by atoms with Gasteiger partial charge in [0, 0.05) is 6.54 Å². The van der Waals surface area contributed by atoms with Crippen molar-refractivity contribution in [1.82, 2.24) is 5.32 Å². The Morgan fingerprint density at radius 3 is 2.25 bits per heavy atom. The van der Waals surface area contributed by atoms with Gasteiger partial charge in [-0.15, -0.1) is 0 Å². The number of carbonyl (C=O) groups excluding carboxylic acids is 1. The number of amides is 1. The number of nitrogens with two attached hydrogens (primary N) is 1.